The number of hydrogen-bond acceptors (Lipinski definition) is 3. The maximum absolute atomic E-state index is 12.7. The maximum Gasteiger partial charge on any atom is 0.391 e. The molecule has 0 aromatic heterocycles. The van der Waals surface area contributed by atoms with Crippen LogP contribution >= 0.6 is 0 Å². The van der Waals surface area contributed by atoms with Crippen LogP contribution in [0.5, 0.6) is 0 Å². The fourth-order valence-corrected chi connectivity index (χ4v) is 3.09. The van der Waals surface area contributed by atoms with Crippen molar-refractivity contribution in [1.82, 2.24) is 9.80 Å². The molecule has 3 nitrogen and oxygen atoms in total. The van der Waals surface area contributed by atoms with Crippen LogP contribution in [0.25, 0.3) is 0 Å². The number of nitrogens with zero attached hydrogens (tertiary/aromatic N) is 2. The smallest absolute Gasteiger partial charge is 0.329 e. The highest BCUT2D eigenvalue weighted by Gasteiger charge is 2.46. The van der Waals surface area contributed by atoms with Crippen LogP contribution in [0.15, 0.2) is 0 Å². The van der Waals surface area contributed by atoms with Gasteiger partial charge in [-0.1, -0.05) is 0 Å². The molecule has 0 aliphatic heterocycles. The van der Waals surface area contributed by atoms with Gasteiger partial charge >= 0.3 is 6.18 Å². The second-order valence-electron chi connectivity index (χ2n) is 6.32. The van der Waals surface area contributed by atoms with Gasteiger partial charge in [0.25, 0.3) is 0 Å². The van der Waals surface area contributed by atoms with Crippen molar-refractivity contribution >= 4 is 0 Å². The summed E-state index contributed by atoms with van der Waals surface area (Å²) in [5, 5.41) is 0. The molecule has 1 aliphatic rings. The summed E-state index contributed by atoms with van der Waals surface area (Å²) in [6.07, 6.45) is -1.53. The Labute approximate surface area is 120 Å². The molecule has 1 fully saturated rings. The molecule has 120 valence electrons. The number of nitrogens with two attached hydrogens (primary N) is 1. The van der Waals surface area contributed by atoms with E-state index in [0.717, 1.165) is 19.5 Å². The molecule has 0 aromatic carbocycles. The van der Waals surface area contributed by atoms with Crippen molar-refractivity contribution in [2.24, 2.45) is 11.7 Å². The number of likely N-dealkylation sites (N-methyl/N-ethyl adjacent to an activating group) is 1. The predicted octanol–water partition coefficient (Wildman–Crippen LogP) is 2.32. The number of alkyl halides is 3. The first kappa shape index (κ1) is 17.7. The number of rotatable bonds is 6. The molecule has 0 saturated heterocycles. The third-order valence-corrected chi connectivity index (χ3v) is 4.67. The van der Waals surface area contributed by atoms with Gasteiger partial charge in [-0.15, -0.1) is 0 Å². The Morgan fingerprint density at radius 1 is 1.10 bits per heavy atom. The van der Waals surface area contributed by atoms with E-state index < -0.39 is 12.1 Å². The van der Waals surface area contributed by atoms with Crippen LogP contribution in [-0.2, 0) is 0 Å². The Morgan fingerprint density at radius 2 is 1.65 bits per heavy atom. The predicted molar refractivity (Wildman–Crippen MR) is 75.6 cm³/mol. The van der Waals surface area contributed by atoms with Crippen LogP contribution < -0.4 is 5.73 Å². The van der Waals surface area contributed by atoms with Gasteiger partial charge in [-0.3, -0.25) is 4.90 Å². The van der Waals surface area contributed by atoms with Gasteiger partial charge in [0.2, 0.25) is 0 Å². The summed E-state index contributed by atoms with van der Waals surface area (Å²) in [5.74, 6) is -1.14. The van der Waals surface area contributed by atoms with Crippen LogP contribution in [-0.4, -0.2) is 62.3 Å². The lowest BCUT2D eigenvalue weighted by Crippen LogP contribution is -2.55. The second-order valence-corrected chi connectivity index (χ2v) is 6.32. The monoisotopic (exact) mass is 295 g/mol. The summed E-state index contributed by atoms with van der Waals surface area (Å²) in [5.41, 5.74) is 5.65. The van der Waals surface area contributed by atoms with E-state index in [2.05, 4.69) is 9.80 Å². The Balaban J connectivity index is 2.53. The summed E-state index contributed by atoms with van der Waals surface area (Å²) >= 11 is 0. The van der Waals surface area contributed by atoms with Gasteiger partial charge in [-0.05, 0) is 66.3 Å². The van der Waals surface area contributed by atoms with E-state index in [1.165, 1.54) is 0 Å². The normalized spacial score (nSPS) is 28.4. The van der Waals surface area contributed by atoms with Gasteiger partial charge in [0.05, 0.1) is 5.92 Å². The fourth-order valence-electron chi connectivity index (χ4n) is 3.09. The van der Waals surface area contributed by atoms with E-state index >= 15 is 0 Å². The maximum atomic E-state index is 12.7. The van der Waals surface area contributed by atoms with Crippen molar-refractivity contribution < 1.29 is 13.2 Å². The summed E-state index contributed by atoms with van der Waals surface area (Å²) in [6.45, 7) is 2.30. The summed E-state index contributed by atoms with van der Waals surface area (Å²) in [6, 6.07) is 0. The molecule has 1 aliphatic carbocycles. The molecular weight excluding hydrogens is 267 g/mol. The molecular formula is C14H28F3N3. The number of hydrogen-bond donors (Lipinski definition) is 1. The SMILES string of the molecule is CN(C)CCCN(C)C1(CN)CCC(C(F)(F)F)CC1. The summed E-state index contributed by atoms with van der Waals surface area (Å²) in [7, 11) is 6.04. The minimum atomic E-state index is -4.05. The zero-order valence-electron chi connectivity index (χ0n) is 12.8. The van der Waals surface area contributed by atoms with E-state index in [0.29, 0.717) is 19.4 Å². The van der Waals surface area contributed by atoms with Crippen LogP contribution in [0.2, 0.25) is 0 Å². The standard InChI is InChI=1S/C14H28F3N3/c1-19(2)9-4-10-20(3)13(11-18)7-5-12(6-8-13)14(15,16)17/h12H,4-11,18H2,1-3H3. The molecule has 0 heterocycles. The first-order valence-corrected chi connectivity index (χ1v) is 7.34. The highest BCUT2D eigenvalue weighted by Crippen LogP contribution is 2.42. The topological polar surface area (TPSA) is 32.5 Å². The molecule has 0 atom stereocenters. The van der Waals surface area contributed by atoms with E-state index in [4.69, 9.17) is 5.73 Å². The molecule has 20 heavy (non-hydrogen) atoms. The van der Waals surface area contributed by atoms with Gasteiger partial charge < -0.3 is 10.6 Å². The molecule has 2 N–H and O–H groups in total. The lowest BCUT2D eigenvalue weighted by molar-refractivity contribution is -0.188. The van der Waals surface area contributed by atoms with E-state index in [9.17, 15) is 13.2 Å². The van der Waals surface area contributed by atoms with Crippen LogP contribution in [0.4, 0.5) is 13.2 Å². The molecule has 0 spiro atoms. The van der Waals surface area contributed by atoms with Gasteiger partial charge in [0.1, 0.15) is 0 Å². The van der Waals surface area contributed by atoms with Crippen molar-refractivity contribution in [3.05, 3.63) is 0 Å². The van der Waals surface area contributed by atoms with Crippen LogP contribution in [0.1, 0.15) is 32.1 Å². The lowest BCUT2D eigenvalue weighted by Gasteiger charge is -2.46. The molecule has 0 bridgehead atoms. The van der Waals surface area contributed by atoms with Gasteiger partial charge in [-0.25, -0.2) is 0 Å². The molecule has 0 aromatic rings. The first-order valence-electron chi connectivity index (χ1n) is 7.34. The minimum absolute atomic E-state index is 0.207. The third-order valence-electron chi connectivity index (χ3n) is 4.67. The number of halogens is 3. The Hall–Kier alpha value is -0.330. The van der Waals surface area contributed by atoms with Gasteiger partial charge in [-0.2, -0.15) is 13.2 Å². The Morgan fingerprint density at radius 3 is 2.05 bits per heavy atom. The molecule has 1 rings (SSSR count). The minimum Gasteiger partial charge on any atom is -0.329 e. The van der Waals surface area contributed by atoms with Gasteiger partial charge in [0.15, 0.2) is 0 Å². The first-order chi connectivity index (χ1) is 9.21. The second kappa shape index (κ2) is 7.09. The van der Waals surface area contributed by atoms with Crippen molar-refractivity contribution in [2.75, 3.05) is 40.8 Å². The van der Waals surface area contributed by atoms with E-state index in [1.807, 2.05) is 21.1 Å². The molecule has 6 heteroatoms. The van der Waals surface area contributed by atoms with E-state index in [1.54, 1.807) is 0 Å². The average Bonchev–Trinajstić information content (AvgIpc) is 2.37. The largest absolute Gasteiger partial charge is 0.391 e. The van der Waals surface area contributed by atoms with Crippen molar-refractivity contribution in [3.8, 4) is 0 Å². The zero-order valence-corrected chi connectivity index (χ0v) is 12.8. The van der Waals surface area contributed by atoms with Crippen molar-refractivity contribution in [2.45, 2.75) is 43.8 Å². The summed E-state index contributed by atoms with van der Waals surface area (Å²) < 4.78 is 38.2. The van der Waals surface area contributed by atoms with Crippen LogP contribution in [0.3, 0.4) is 0 Å². The molecule has 0 amide bonds. The lowest BCUT2D eigenvalue weighted by atomic mass is 9.75. The zero-order chi connectivity index (χ0) is 15.4. The molecule has 0 unspecified atom stereocenters. The highest BCUT2D eigenvalue weighted by molar-refractivity contribution is 4.96. The third kappa shape index (κ3) is 4.60. The quantitative estimate of drug-likeness (QED) is 0.816. The molecule has 0 radical (unpaired) electrons. The molecule has 1 saturated carbocycles. The Kier molecular flexibility index (Phi) is 6.28. The van der Waals surface area contributed by atoms with Crippen molar-refractivity contribution in [3.63, 3.8) is 0 Å². The summed E-state index contributed by atoms with van der Waals surface area (Å²) in [4.78, 5) is 4.30. The van der Waals surface area contributed by atoms with Crippen molar-refractivity contribution in [1.29, 1.82) is 0 Å². The van der Waals surface area contributed by atoms with Gasteiger partial charge in [0, 0.05) is 12.1 Å². The average molecular weight is 295 g/mol. The Bertz CT molecular complexity index is 284. The highest BCUT2D eigenvalue weighted by atomic mass is 19.4. The fraction of sp³-hybridized carbons (Fsp3) is 1.00. The van der Waals surface area contributed by atoms with Crippen LogP contribution in [0, 0.1) is 5.92 Å². The van der Waals surface area contributed by atoms with E-state index in [-0.39, 0.29) is 18.4 Å².